The molecule has 1 unspecified atom stereocenters. The summed E-state index contributed by atoms with van der Waals surface area (Å²) in [6.45, 7) is 5.32. The van der Waals surface area contributed by atoms with Crippen LogP contribution in [0.3, 0.4) is 0 Å². The molecular formula is C14H21BrClN. The van der Waals surface area contributed by atoms with Gasteiger partial charge in [-0.05, 0) is 31.0 Å². The molecular weight excluding hydrogens is 298 g/mol. The van der Waals surface area contributed by atoms with Crippen molar-refractivity contribution in [2.75, 3.05) is 0 Å². The molecule has 96 valence electrons. The minimum Gasteiger partial charge on any atom is -0.310 e. The molecule has 0 aliphatic rings. The van der Waals surface area contributed by atoms with Gasteiger partial charge in [-0.1, -0.05) is 59.8 Å². The zero-order chi connectivity index (χ0) is 12.7. The monoisotopic (exact) mass is 317 g/mol. The lowest BCUT2D eigenvalue weighted by molar-refractivity contribution is 0.487. The molecule has 1 aromatic rings. The zero-order valence-corrected chi connectivity index (χ0v) is 12.9. The molecule has 0 radical (unpaired) electrons. The molecule has 0 saturated heterocycles. The molecule has 0 spiro atoms. The van der Waals surface area contributed by atoms with Crippen molar-refractivity contribution in [2.45, 2.75) is 52.1 Å². The van der Waals surface area contributed by atoms with Gasteiger partial charge in [-0.25, -0.2) is 0 Å². The highest BCUT2D eigenvalue weighted by Crippen LogP contribution is 2.21. The van der Waals surface area contributed by atoms with E-state index in [1.54, 1.807) is 0 Å². The van der Waals surface area contributed by atoms with Crippen LogP contribution in [0.15, 0.2) is 22.7 Å². The minimum absolute atomic E-state index is 0.557. The van der Waals surface area contributed by atoms with Crippen LogP contribution in [-0.2, 0) is 6.54 Å². The molecule has 0 aliphatic carbocycles. The van der Waals surface area contributed by atoms with Gasteiger partial charge in [0, 0.05) is 22.1 Å². The summed E-state index contributed by atoms with van der Waals surface area (Å²) in [4.78, 5) is 0. The molecule has 0 aliphatic heterocycles. The van der Waals surface area contributed by atoms with Crippen LogP contribution in [0.4, 0.5) is 0 Å². The Morgan fingerprint density at radius 1 is 1.35 bits per heavy atom. The topological polar surface area (TPSA) is 12.0 Å². The van der Waals surface area contributed by atoms with Crippen molar-refractivity contribution in [1.29, 1.82) is 0 Å². The standard InChI is InChI=1S/C14H21BrClN/c1-3-4-5-6-11(2)17-10-12-7-8-13(15)9-14(12)16/h7-9,11,17H,3-6,10H2,1-2H3. The molecule has 1 atom stereocenters. The van der Waals surface area contributed by atoms with Crippen LogP contribution in [0, 0.1) is 0 Å². The molecule has 17 heavy (non-hydrogen) atoms. The quantitative estimate of drug-likeness (QED) is 0.685. The lowest BCUT2D eigenvalue weighted by Crippen LogP contribution is -2.25. The Balaban J connectivity index is 2.34. The van der Waals surface area contributed by atoms with E-state index < -0.39 is 0 Å². The van der Waals surface area contributed by atoms with Gasteiger partial charge >= 0.3 is 0 Å². The van der Waals surface area contributed by atoms with Crippen LogP contribution >= 0.6 is 27.5 Å². The summed E-state index contributed by atoms with van der Waals surface area (Å²) < 4.78 is 1.03. The first-order valence-electron chi connectivity index (χ1n) is 6.30. The van der Waals surface area contributed by atoms with Gasteiger partial charge in [-0.3, -0.25) is 0 Å². The lowest BCUT2D eigenvalue weighted by Gasteiger charge is -2.14. The molecule has 0 heterocycles. The van der Waals surface area contributed by atoms with E-state index in [0.29, 0.717) is 6.04 Å². The maximum Gasteiger partial charge on any atom is 0.0462 e. The smallest absolute Gasteiger partial charge is 0.0462 e. The third kappa shape index (κ3) is 5.89. The number of halogens is 2. The van der Waals surface area contributed by atoms with E-state index in [-0.39, 0.29) is 0 Å². The average molecular weight is 319 g/mol. The predicted molar refractivity (Wildman–Crippen MR) is 79.6 cm³/mol. The second-order valence-electron chi connectivity index (χ2n) is 4.51. The molecule has 1 nitrogen and oxygen atoms in total. The average Bonchev–Trinajstić information content (AvgIpc) is 2.28. The van der Waals surface area contributed by atoms with Crippen molar-refractivity contribution in [3.63, 3.8) is 0 Å². The van der Waals surface area contributed by atoms with Crippen LogP contribution in [-0.4, -0.2) is 6.04 Å². The first kappa shape index (κ1) is 15.0. The number of unbranched alkanes of at least 4 members (excludes halogenated alkanes) is 2. The van der Waals surface area contributed by atoms with Crippen LogP contribution in [0.2, 0.25) is 5.02 Å². The molecule has 1 aromatic carbocycles. The molecule has 3 heteroatoms. The molecule has 0 aromatic heterocycles. The first-order valence-corrected chi connectivity index (χ1v) is 7.48. The van der Waals surface area contributed by atoms with Crippen LogP contribution in [0.5, 0.6) is 0 Å². The van der Waals surface area contributed by atoms with Crippen LogP contribution in [0.1, 0.15) is 45.1 Å². The van der Waals surface area contributed by atoms with Crippen LogP contribution in [0.25, 0.3) is 0 Å². The van der Waals surface area contributed by atoms with Crippen LogP contribution < -0.4 is 5.32 Å². The predicted octanol–water partition coefficient (Wildman–Crippen LogP) is 5.16. The fourth-order valence-electron chi connectivity index (χ4n) is 1.75. The molecule has 0 fully saturated rings. The maximum atomic E-state index is 6.17. The van der Waals surface area contributed by atoms with Crippen molar-refractivity contribution in [3.05, 3.63) is 33.3 Å². The van der Waals surface area contributed by atoms with Crippen molar-refractivity contribution < 1.29 is 0 Å². The number of rotatable bonds is 7. The lowest BCUT2D eigenvalue weighted by atomic mass is 10.1. The number of nitrogens with one attached hydrogen (secondary N) is 1. The van der Waals surface area contributed by atoms with Gasteiger partial charge in [0.1, 0.15) is 0 Å². The maximum absolute atomic E-state index is 6.17. The largest absolute Gasteiger partial charge is 0.310 e. The SMILES string of the molecule is CCCCCC(C)NCc1ccc(Br)cc1Cl. The van der Waals surface area contributed by atoms with E-state index in [1.165, 1.54) is 25.7 Å². The summed E-state index contributed by atoms with van der Waals surface area (Å²) in [5, 5.41) is 4.34. The highest BCUT2D eigenvalue weighted by molar-refractivity contribution is 9.10. The van der Waals surface area contributed by atoms with Gasteiger partial charge in [-0.2, -0.15) is 0 Å². The van der Waals surface area contributed by atoms with Crippen molar-refractivity contribution in [3.8, 4) is 0 Å². The van der Waals surface area contributed by atoms with E-state index >= 15 is 0 Å². The van der Waals surface area contributed by atoms with Crippen molar-refractivity contribution >= 4 is 27.5 Å². The minimum atomic E-state index is 0.557. The second-order valence-corrected chi connectivity index (χ2v) is 5.84. The van der Waals surface area contributed by atoms with Gasteiger partial charge < -0.3 is 5.32 Å². The number of hydrogen-bond acceptors (Lipinski definition) is 1. The fourth-order valence-corrected chi connectivity index (χ4v) is 2.49. The Labute approximate surface area is 118 Å². The summed E-state index contributed by atoms with van der Waals surface area (Å²) in [7, 11) is 0. The summed E-state index contributed by atoms with van der Waals surface area (Å²) >= 11 is 9.58. The third-order valence-corrected chi connectivity index (χ3v) is 3.74. The van der Waals surface area contributed by atoms with E-state index in [1.807, 2.05) is 12.1 Å². The van der Waals surface area contributed by atoms with E-state index in [2.05, 4.69) is 41.2 Å². The molecule has 0 amide bonds. The van der Waals surface area contributed by atoms with Gasteiger partial charge in [0.15, 0.2) is 0 Å². The number of hydrogen-bond donors (Lipinski definition) is 1. The van der Waals surface area contributed by atoms with Gasteiger partial charge in [-0.15, -0.1) is 0 Å². The Hall–Kier alpha value is -0.0500. The fraction of sp³-hybridized carbons (Fsp3) is 0.571. The summed E-state index contributed by atoms with van der Waals surface area (Å²) in [5.74, 6) is 0. The Morgan fingerprint density at radius 3 is 2.76 bits per heavy atom. The molecule has 0 bridgehead atoms. The van der Waals surface area contributed by atoms with E-state index in [4.69, 9.17) is 11.6 Å². The van der Waals surface area contributed by atoms with Crippen molar-refractivity contribution in [1.82, 2.24) is 5.32 Å². The molecule has 1 rings (SSSR count). The first-order chi connectivity index (χ1) is 8.13. The molecule has 0 saturated carbocycles. The van der Waals surface area contributed by atoms with Gasteiger partial charge in [0.25, 0.3) is 0 Å². The summed E-state index contributed by atoms with van der Waals surface area (Å²) in [5.41, 5.74) is 1.16. The third-order valence-electron chi connectivity index (χ3n) is 2.90. The highest BCUT2D eigenvalue weighted by Gasteiger charge is 2.04. The van der Waals surface area contributed by atoms with E-state index in [9.17, 15) is 0 Å². The van der Waals surface area contributed by atoms with E-state index in [0.717, 1.165) is 21.6 Å². The Morgan fingerprint density at radius 2 is 2.12 bits per heavy atom. The second kappa shape index (κ2) is 8.12. The summed E-state index contributed by atoms with van der Waals surface area (Å²) in [6, 6.07) is 6.60. The van der Waals surface area contributed by atoms with Gasteiger partial charge in [0.2, 0.25) is 0 Å². The zero-order valence-electron chi connectivity index (χ0n) is 10.6. The molecule has 1 N–H and O–H groups in total. The Kier molecular flexibility index (Phi) is 7.17. The van der Waals surface area contributed by atoms with Gasteiger partial charge in [0.05, 0.1) is 0 Å². The number of benzene rings is 1. The van der Waals surface area contributed by atoms with Crippen molar-refractivity contribution in [2.24, 2.45) is 0 Å². The highest BCUT2D eigenvalue weighted by atomic mass is 79.9. The summed E-state index contributed by atoms with van der Waals surface area (Å²) in [6.07, 6.45) is 5.15. The normalized spacial score (nSPS) is 12.7. The Bertz CT molecular complexity index is 341.